The molecule has 4 nitrogen and oxygen atoms in total. The van der Waals surface area contributed by atoms with E-state index in [2.05, 4.69) is 21.9 Å². The van der Waals surface area contributed by atoms with Crippen LogP contribution in [0.2, 0.25) is 5.28 Å². The van der Waals surface area contributed by atoms with E-state index in [9.17, 15) is 0 Å². The van der Waals surface area contributed by atoms with Crippen LogP contribution in [0.15, 0.2) is 0 Å². The smallest absolute Gasteiger partial charge is 0.227 e. The summed E-state index contributed by atoms with van der Waals surface area (Å²) in [6.07, 6.45) is 5.95. The third kappa shape index (κ3) is 2.20. The topological polar surface area (TPSA) is 64.7 Å². The molecule has 1 aliphatic rings. The normalized spacial score (nSPS) is 20.1. The molecule has 1 saturated carbocycles. The van der Waals surface area contributed by atoms with Crippen LogP contribution in [-0.2, 0) is 5.41 Å². The predicted molar refractivity (Wildman–Crippen MR) is 59.7 cm³/mol. The van der Waals surface area contributed by atoms with E-state index in [1.807, 2.05) is 0 Å². The molecule has 0 amide bonds. The molecular formula is C10H15ClN4. The zero-order valence-corrected chi connectivity index (χ0v) is 9.59. The van der Waals surface area contributed by atoms with E-state index in [-0.39, 0.29) is 16.6 Å². The second kappa shape index (κ2) is 3.93. The maximum atomic E-state index is 5.79. The number of nitrogens with zero attached hydrogens (tertiary/aromatic N) is 3. The minimum Gasteiger partial charge on any atom is -0.368 e. The van der Waals surface area contributed by atoms with Gasteiger partial charge in [-0.15, -0.1) is 0 Å². The fourth-order valence-corrected chi connectivity index (χ4v) is 2.36. The van der Waals surface area contributed by atoms with Crippen molar-refractivity contribution in [1.29, 1.82) is 0 Å². The third-order valence-corrected chi connectivity index (χ3v) is 3.29. The van der Waals surface area contributed by atoms with Crippen molar-refractivity contribution in [2.24, 2.45) is 0 Å². The monoisotopic (exact) mass is 226 g/mol. The van der Waals surface area contributed by atoms with Crippen molar-refractivity contribution in [2.45, 2.75) is 44.4 Å². The van der Waals surface area contributed by atoms with Gasteiger partial charge in [0.2, 0.25) is 11.2 Å². The molecule has 0 spiro atoms. The first-order valence-corrected chi connectivity index (χ1v) is 5.65. The zero-order valence-electron chi connectivity index (χ0n) is 8.83. The highest BCUT2D eigenvalue weighted by Gasteiger charge is 2.32. The quantitative estimate of drug-likeness (QED) is 0.798. The Morgan fingerprint density at radius 3 is 2.40 bits per heavy atom. The van der Waals surface area contributed by atoms with E-state index in [1.165, 1.54) is 19.3 Å². The number of nitrogens with two attached hydrogens (primary N) is 1. The molecule has 0 unspecified atom stereocenters. The van der Waals surface area contributed by atoms with Gasteiger partial charge >= 0.3 is 0 Å². The second-order valence-electron chi connectivity index (χ2n) is 4.41. The molecule has 82 valence electrons. The van der Waals surface area contributed by atoms with Crippen LogP contribution >= 0.6 is 11.6 Å². The summed E-state index contributed by atoms with van der Waals surface area (Å²) in [5, 5.41) is 0.198. The van der Waals surface area contributed by atoms with Gasteiger partial charge in [-0.25, -0.2) is 4.98 Å². The predicted octanol–water partition coefficient (Wildman–Crippen LogP) is 2.33. The number of nitrogen functional groups attached to an aromatic ring is 1. The number of anilines is 1. The summed E-state index contributed by atoms with van der Waals surface area (Å²) in [6, 6.07) is 0. The summed E-state index contributed by atoms with van der Waals surface area (Å²) in [6.45, 7) is 2.18. The van der Waals surface area contributed by atoms with Crippen molar-refractivity contribution in [3.63, 3.8) is 0 Å². The number of hydrogen-bond donors (Lipinski definition) is 1. The highest BCUT2D eigenvalue weighted by Crippen LogP contribution is 2.37. The first-order valence-electron chi connectivity index (χ1n) is 5.28. The molecule has 1 aromatic rings. The molecule has 0 bridgehead atoms. The first kappa shape index (κ1) is 10.6. The van der Waals surface area contributed by atoms with E-state index < -0.39 is 0 Å². The van der Waals surface area contributed by atoms with Crippen LogP contribution in [0.5, 0.6) is 0 Å². The summed E-state index contributed by atoms with van der Waals surface area (Å²) in [5.41, 5.74) is 5.61. The van der Waals surface area contributed by atoms with Gasteiger partial charge in [-0.3, -0.25) is 0 Å². The second-order valence-corrected chi connectivity index (χ2v) is 4.75. The van der Waals surface area contributed by atoms with Crippen molar-refractivity contribution in [3.8, 4) is 0 Å². The van der Waals surface area contributed by atoms with Gasteiger partial charge in [0.05, 0.1) is 0 Å². The summed E-state index contributed by atoms with van der Waals surface area (Å²) in [7, 11) is 0. The van der Waals surface area contributed by atoms with Gasteiger partial charge in [0, 0.05) is 5.41 Å². The van der Waals surface area contributed by atoms with Gasteiger partial charge in [0.25, 0.3) is 0 Å². The van der Waals surface area contributed by atoms with Crippen LogP contribution in [0.3, 0.4) is 0 Å². The lowest BCUT2D eigenvalue weighted by Gasteiger charge is -2.31. The number of hydrogen-bond acceptors (Lipinski definition) is 4. The van der Waals surface area contributed by atoms with Crippen molar-refractivity contribution in [3.05, 3.63) is 11.1 Å². The van der Waals surface area contributed by atoms with Crippen molar-refractivity contribution < 1.29 is 0 Å². The van der Waals surface area contributed by atoms with Crippen molar-refractivity contribution in [1.82, 2.24) is 15.0 Å². The van der Waals surface area contributed by atoms with Crippen LogP contribution in [0.1, 0.15) is 44.9 Å². The molecule has 2 N–H and O–H groups in total. The molecule has 1 aliphatic carbocycles. The van der Waals surface area contributed by atoms with E-state index in [0.717, 1.165) is 18.7 Å². The van der Waals surface area contributed by atoms with Crippen LogP contribution < -0.4 is 5.73 Å². The number of halogens is 1. The Kier molecular flexibility index (Phi) is 2.78. The van der Waals surface area contributed by atoms with Crippen molar-refractivity contribution in [2.75, 3.05) is 5.73 Å². The Labute approximate surface area is 94.3 Å². The fraction of sp³-hybridized carbons (Fsp3) is 0.700. The van der Waals surface area contributed by atoms with Gasteiger partial charge < -0.3 is 5.73 Å². The standard InChI is InChI=1S/C10H15ClN4/c1-10(5-3-2-4-6-10)7-13-8(11)15-9(12)14-7/h2-6H2,1H3,(H2,12,13,14,15). The summed E-state index contributed by atoms with van der Waals surface area (Å²) < 4.78 is 0. The molecule has 0 aromatic carbocycles. The summed E-state index contributed by atoms with van der Waals surface area (Å²) in [4.78, 5) is 12.2. The van der Waals surface area contributed by atoms with Crippen LogP contribution in [0.25, 0.3) is 0 Å². The van der Waals surface area contributed by atoms with Gasteiger partial charge in [-0.05, 0) is 24.4 Å². The third-order valence-electron chi connectivity index (χ3n) is 3.12. The molecule has 0 aliphatic heterocycles. The Morgan fingerprint density at radius 2 is 1.80 bits per heavy atom. The Balaban J connectivity index is 2.34. The number of rotatable bonds is 1. The summed E-state index contributed by atoms with van der Waals surface area (Å²) >= 11 is 5.79. The van der Waals surface area contributed by atoms with Crippen LogP contribution in [-0.4, -0.2) is 15.0 Å². The van der Waals surface area contributed by atoms with Crippen molar-refractivity contribution >= 4 is 17.5 Å². The average molecular weight is 227 g/mol. The molecule has 1 aromatic heterocycles. The minimum atomic E-state index is 0.0267. The van der Waals surface area contributed by atoms with E-state index in [4.69, 9.17) is 17.3 Å². The average Bonchev–Trinajstić information content (AvgIpc) is 2.17. The maximum absolute atomic E-state index is 5.79. The Hall–Kier alpha value is -0.900. The minimum absolute atomic E-state index is 0.0267. The van der Waals surface area contributed by atoms with E-state index >= 15 is 0 Å². The molecule has 0 atom stereocenters. The van der Waals surface area contributed by atoms with Gasteiger partial charge in [0.15, 0.2) is 0 Å². The first-order chi connectivity index (χ1) is 7.10. The van der Waals surface area contributed by atoms with E-state index in [1.54, 1.807) is 0 Å². The van der Waals surface area contributed by atoms with Crippen LogP contribution in [0, 0.1) is 0 Å². The van der Waals surface area contributed by atoms with Gasteiger partial charge in [0.1, 0.15) is 5.82 Å². The molecule has 5 heteroatoms. The molecular weight excluding hydrogens is 212 g/mol. The zero-order chi connectivity index (χ0) is 10.9. The lowest BCUT2D eigenvalue weighted by molar-refractivity contribution is 0.303. The lowest BCUT2D eigenvalue weighted by Crippen LogP contribution is -2.28. The molecule has 15 heavy (non-hydrogen) atoms. The molecule has 0 saturated heterocycles. The fourth-order valence-electron chi connectivity index (χ4n) is 2.19. The Bertz CT molecular complexity index is 340. The van der Waals surface area contributed by atoms with E-state index in [0.29, 0.717) is 0 Å². The Morgan fingerprint density at radius 1 is 1.13 bits per heavy atom. The molecule has 0 radical (unpaired) electrons. The highest BCUT2D eigenvalue weighted by molar-refractivity contribution is 6.28. The largest absolute Gasteiger partial charge is 0.368 e. The SMILES string of the molecule is CC1(c2nc(N)nc(Cl)n2)CCCCC1. The van der Waals surface area contributed by atoms with Crippen LogP contribution in [0.4, 0.5) is 5.95 Å². The molecule has 1 fully saturated rings. The lowest BCUT2D eigenvalue weighted by atomic mass is 9.75. The number of aromatic nitrogens is 3. The highest BCUT2D eigenvalue weighted by atomic mass is 35.5. The maximum Gasteiger partial charge on any atom is 0.227 e. The summed E-state index contributed by atoms with van der Waals surface area (Å²) in [5.74, 6) is 0.969. The van der Waals surface area contributed by atoms with Gasteiger partial charge in [-0.2, -0.15) is 9.97 Å². The molecule has 2 rings (SSSR count). The van der Waals surface area contributed by atoms with Gasteiger partial charge in [-0.1, -0.05) is 26.2 Å². The molecule has 1 heterocycles.